The van der Waals surface area contributed by atoms with Gasteiger partial charge in [-0.25, -0.2) is 0 Å². The van der Waals surface area contributed by atoms with Crippen LogP contribution in [0.4, 0.5) is 0 Å². The van der Waals surface area contributed by atoms with Gasteiger partial charge in [-0.1, -0.05) is 50.6 Å². The highest BCUT2D eigenvalue weighted by molar-refractivity contribution is 5.95. The summed E-state index contributed by atoms with van der Waals surface area (Å²) in [6, 6.07) is 10.3. The molecule has 4 rings (SSSR count). The van der Waals surface area contributed by atoms with Gasteiger partial charge in [-0.3, -0.25) is 24.0 Å². The van der Waals surface area contributed by atoms with E-state index in [1.54, 1.807) is 25.3 Å². The Kier molecular flexibility index (Phi) is 11.4. The number of carbonyl (C=O) groups excluding carboxylic acids is 5. The number of H-pyrrole nitrogens is 1. The summed E-state index contributed by atoms with van der Waals surface area (Å²) in [5, 5.41) is 18.4. The molecular weight excluding hydrogens is 590 g/mol. The number of nitrogens with one attached hydrogen (secondary N) is 4. The van der Waals surface area contributed by atoms with E-state index in [0.717, 1.165) is 22.0 Å². The van der Waals surface area contributed by atoms with E-state index in [1.165, 1.54) is 17.0 Å². The quantitative estimate of drug-likeness (QED) is 0.134. The van der Waals surface area contributed by atoms with Gasteiger partial charge in [-0.2, -0.15) is 0 Å². The minimum Gasteiger partial charge on any atom is -0.508 e. The summed E-state index contributed by atoms with van der Waals surface area (Å²) in [5.74, 6) is -2.91. The predicted octanol–water partition coefficient (Wildman–Crippen LogP) is 0.594. The number of aromatic nitrogens is 1. The molecule has 1 saturated heterocycles. The molecule has 0 aliphatic carbocycles. The number of hydrogen-bond donors (Lipinski definition) is 7. The topological polar surface area (TPSA) is 213 Å². The van der Waals surface area contributed by atoms with Crippen molar-refractivity contribution >= 4 is 40.4 Å². The molecule has 5 atom stereocenters. The maximum atomic E-state index is 13.4. The van der Waals surface area contributed by atoms with Gasteiger partial charge in [0.25, 0.3) is 0 Å². The lowest BCUT2D eigenvalue weighted by atomic mass is 9.97. The van der Waals surface area contributed by atoms with Gasteiger partial charge in [-0.05, 0) is 54.5 Å². The zero-order chi connectivity index (χ0) is 33.4. The molecule has 2 heterocycles. The second-order valence-corrected chi connectivity index (χ2v) is 11.8. The Balaban J connectivity index is 1.33. The van der Waals surface area contributed by atoms with E-state index in [1.807, 2.05) is 31.2 Å². The van der Waals surface area contributed by atoms with Gasteiger partial charge in [0.15, 0.2) is 0 Å². The molecule has 3 aromatic rings. The van der Waals surface area contributed by atoms with Crippen LogP contribution in [0.2, 0.25) is 0 Å². The van der Waals surface area contributed by atoms with Crippen molar-refractivity contribution in [2.75, 3.05) is 13.1 Å². The molecule has 1 fully saturated rings. The minimum absolute atomic E-state index is 0.108. The number of likely N-dealkylation sites (tertiary alicyclic amines) is 1. The molecule has 0 spiro atoms. The van der Waals surface area contributed by atoms with Crippen LogP contribution in [0.1, 0.15) is 44.2 Å². The van der Waals surface area contributed by atoms with Gasteiger partial charge in [0, 0.05) is 30.1 Å². The third kappa shape index (κ3) is 8.42. The molecule has 1 aliphatic heterocycles. The normalized spacial score (nSPS) is 17.1. The van der Waals surface area contributed by atoms with Gasteiger partial charge in [0.05, 0.1) is 12.6 Å². The first-order valence-corrected chi connectivity index (χ1v) is 15.5. The second-order valence-electron chi connectivity index (χ2n) is 11.8. The second kappa shape index (κ2) is 15.4. The number of phenols is 1. The lowest BCUT2D eigenvalue weighted by molar-refractivity contribution is -0.140. The first kappa shape index (κ1) is 34.0. The maximum absolute atomic E-state index is 13.4. The molecule has 0 saturated carbocycles. The average Bonchev–Trinajstić information content (AvgIpc) is 3.70. The molecular formula is C33H43N7O6. The Morgan fingerprint density at radius 1 is 1.04 bits per heavy atom. The standard InChI is InChI=1S/C33H43N7O6/c1-3-19(2)29(39-31(44)27-9-6-14-40(27)33(46)24(34)15-20-10-12-22(41)13-11-20)32(45)37-18-28(42)38-26(30(35)43)16-21-17-36-25-8-5-4-7-23(21)25/h4-5,7-8,10-13,17,19,24,26-27,29,36,41H,3,6,9,14-16,18,34H2,1-2H3,(H2,35,43)(H,37,45)(H,38,42)(H,39,44). The minimum atomic E-state index is -1.00. The van der Waals surface area contributed by atoms with Crippen molar-refractivity contribution in [3.63, 3.8) is 0 Å². The Labute approximate surface area is 267 Å². The molecule has 46 heavy (non-hydrogen) atoms. The SMILES string of the molecule is CCC(C)C(NC(=O)C1CCCN1C(=O)C(N)Cc1ccc(O)cc1)C(=O)NCC(=O)NC(Cc1c[nH]c2ccccc12)C(N)=O. The van der Waals surface area contributed by atoms with E-state index < -0.39 is 54.3 Å². The summed E-state index contributed by atoms with van der Waals surface area (Å²) < 4.78 is 0. The monoisotopic (exact) mass is 633 g/mol. The number of aromatic amines is 1. The first-order chi connectivity index (χ1) is 22.0. The molecule has 9 N–H and O–H groups in total. The molecule has 246 valence electrons. The number of nitrogens with two attached hydrogens (primary N) is 2. The van der Waals surface area contributed by atoms with E-state index in [4.69, 9.17) is 11.5 Å². The van der Waals surface area contributed by atoms with Crippen molar-refractivity contribution in [1.29, 1.82) is 0 Å². The molecule has 0 bridgehead atoms. The van der Waals surface area contributed by atoms with Gasteiger partial charge in [-0.15, -0.1) is 0 Å². The van der Waals surface area contributed by atoms with Crippen molar-refractivity contribution in [2.24, 2.45) is 17.4 Å². The van der Waals surface area contributed by atoms with Crippen LogP contribution in [0, 0.1) is 5.92 Å². The number of fused-ring (bicyclic) bond motifs is 1. The summed E-state index contributed by atoms with van der Waals surface area (Å²) in [7, 11) is 0. The Hall–Kier alpha value is -4.91. The van der Waals surface area contributed by atoms with E-state index in [0.29, 0.717) is 25.8 Å². The average molecular weight is 634 g/mol. The highest BCUT2D eigenvalue weighted by Crippen LogP contribution is 2.21. The summed E-state index contributed by atoms with van der Waals surface area (Å²) in [5.41, 5.74) is 14.3. The van der Waals surface area contributed by atoms with Gasteiger partial charge < -0.3 is 42.4 Å². The number of carbonyl (C=O) groups is 5. The first-order valence-electron chi connectivity index (χ1n) is 15.5. The van der Waals surface area contributed by atoms with Crippen molar-refractivity contribution in [3.05, 3.63) is 65.9 Å². The fraction of sp³-hybridized carbons (Fsp3) is 0.424. The van der Waals surface area contributed by atoms with Crippen molar-refractivity contribution in [1.82, 2.24) is 25.8 Å². The fourth-order valence-electron chi connectivity index (χ4n) is 5.71. The number of para-hydroxylation sites is 1. The van der Waals surface area contributed by atoms with Gasteiger partial charge in [0.1, 0.15) is 23.9 Å². The van der Waals surface area contributed by atoms with Gasteiger partial charge >= 0.3 is 0 Å². The number of benzene rings is 2. The number of phenolic OH excluding ortho intramolecular Hbond substituents is 1. The zero-order valence-corrected chi connectivity index (χ0v) is 26.1. The van der Waals surface area contributed by atoms with Crippen LogP contribution >= 0.6 is 0 Å². The predicted molar refractivity (Wildman–Crippen MR) is 172 cm³/mol. The summed E-state index contributed by atoms with van der Waals surface area (Å²) in [4.78, 5) is 69.4. The highest BCUT2D eigenvalue weighted by Gasteiger charge is 2.38. The number of amides is 5. The Morgan fingerprint density at radius 2 is 1.76 bits per heavy atom. The Bertz CT molecular complexity index is 1560. The van der Waals surface area contributed by atoms with Crippen molar-refractivity contribution in [3.8, 4) is 5.75 Å². The zero-order valence-electron chi connectivity index (χ0n) is 26.1. The largest absolute Gasteiger partial charge is 0.508 e. The van der Waals surface area contributed by atoms with Crippen LogP contribution in [0.5, 0.6) is 5.75 Å². The van der Waals surface area contributed by atoms with Gasteiger partial charge in [0.2, 0.25) is 29.5 Å². The van der Waals surface area contributed by atoms with Crippen LogP contribution in [0.25, 0.3) is 10.9 Å². The smallest absolute Gasteiger partial charge is 0.243 e. The molecule has 5 amide bonds. The summed E-state index contributed by atoms with van der Waals surface area (Å²) in [6.07, 6.45) is 3.75. The third-order valence-electron chi connectivity index (χ3n) is 8.54. The van der Waals surface area contributed by atoms with Crippen molar-refractivity contribution < 1.29 is 29.1 Å². The molecule has 5 unspecified atom stereocenters. The number of rotatable bonds is 14. The molecule has 13 heteroatoms. The van der Waals surface area contributed by atoms with Crippen molar-refractivity contribution in [2.45, 2.75) is 70.1 Å². The molecule has 1 aliphatic rings. The maximum Gasteiger partial charge on any atom is 0.243 e. The highest BCUT2D eigenvalue weighted by atomic mass is 16.3. The van der Waals surface area contributed by atoms with Crippen LogP contribution in [-0.4, -0.2) is 81.8 Å². The van der Waals surface area contributed by atoms with E-state index in [9.17, 15) is 29.1 Å². The van der Waals surface area contributed by atoms with Crippen LogP contribution in [-0.2, 0) is 36.8 Å². The molecule has 13 nitrogen and oxygen atoms in total. The number of primary amides is 1. The number of hydrogen-bond acceptors (Lipinski definition) is 7. The third-order valence-corrected chi connectivity index (χ3v) is 8.54. The lowest BCUT2D eigenvalue weighted by Crippen LogP contribution is -2.57. The van der Waals surface area contributed by atoms with E-state index in [2.05, 4.69) is 20.9 Å². The summed E-state index contributed by atoms with van der Waals surface area (Å²) in [6.45, 7) is 3.61. The summed E-state index contributed by atoms with van der Waals surface area (Å²) >= 11 is 0. The van der Waals surface area contributed by atoms with Crippen LogP contribution in [0.15, 0.2) is 54.7 Å². The Morgan fingerprint density at radius 3 is 2.46 bits per heavy atom. The molecule has 1 aromatic heterocycles. The van der Waals surface area contributed by atoms with E-state index >= 15 is 0 Å². The molecule has 2 aromatic carbocycles. The van der Waals surface area contributed by atoms with Crippen LogP contribution in [0.3, 0.4) is 0 Å². The van der Waals surface area contributed by atoms with E-state index in [-0.39, 0.29) is 30.4 Å². The number of aromatic hydroxyl groups is 1. The molecule has 0 radical (unpaired) electrons. The van der Waals surface area contributed by atoms with Crippen LogP contribution < -0.4 is 27.4 Å². The fourth-order valence-corrected chi connectivity index (χ4v) is 5.71. The lowest BCUT2D eigenvalue weighted by Gasteiger charge is -2.30. The number of nitrogens with zero attached hydrogens (tertiary/aromatic N) is 1.